The Labute approximate surface area is 96.4 Å². The maximum Gasteiger partial charge on any atom is 0.226 e. The minimum Gasteiger partial charge on any atom is -0.377 e. The molecule has 0 amide bonds. The fourth-order valence-electron chi connectivity index (χ4n) is 1.54. The third kappa shape index (κ3) is 4.28. The molecule has 0 saturated carbocycles. The fourth-order valence-corrected chi connectivity index (χ4v) is 1.54. The van der Waals surface area contributed by atoms with Crippen LogP contribution in [0.2, 0.25) is 0 Å². The van der Waals surface area contributed by atoms with Crippen molar-refractivity contribution in [1.29, 1.82) is 0 Å². The van der Waals surface area contributed by atoms with Crippen LogP contribution in [0.3, 0.4) is 0 Å². The highest BCUT2D eigenvalue weighted by Gasteiger charge is 2.18. The predicted molar refractivity (Wildman–Crippen MR) is 60.8 cm³/mol. The van der Waals surface area contributed by atoms with Gasteiger partial charge in [0.25, 0.3) is 0 Å². The van der Waals surface area contributed by atoms with E-state index in [1.165, 1.54) is 0 Å². The number of ether oxygens (including phenoxy) is 1. The van der Waals surface area contributed by atoms with Gasteiger partial charge in [-0.1, -0.05) is 19.0 Å². The Bertz CT molecular complexity index is 310. The molecule has 0 unspecified atom stereocenters. The molecule has 0 fully saturated rings. The zero-order chi connectivity index (χ0) is 12.0. The van der Waals surface area contributed by atoms with E-state index < -0.39 is 0 Å². The summed E-state index contributed by atoms with van der Waals surface area (Å²) < 4.78 is 10.0. The number of hydrogen-bond acceptors (Lipinski definition) is 5. The molecule has 1 aromatic heterocycles. The average Bonchev–Trinajstić information content (AvgIpc) is 2.64. The molecule has 1 aromatic rings. The molecule has 5 nitrogen and oxygen atoms in total. The molecule has 2 N–H and O–H groups in total. The quantitative estimate of drug-likeness (QED) is 0.764. The van der Waals surface area contributed by atoms with Crippen LogP contribution < -0.4 is 5.73 Å². The van der Waals surface area contributed by atoms with Crippen LogP contribution in [-0.4, -0.2) is 23.8 Å². The van der Waals surface area contributed by atoms with Gasteiger partial charge in [-0.25, -0.2) is 0 Å². The normalized spacial score (nSPS) is 12.0. The summed E-state index contributed by atoms with van der Waals surface area (Å²) in [7, 11) is 1.61. The molecule has 0 atom stereocenters. The average molecular weight is 227 g/mol. The lowest BCUT2D eigenvalue weighted by Gasteiger charge is -2.22. The molecule has 0 spiro atoms. The lowest BCUT2D eigenvalue weighted by molar-refractivity contribution is 0.174. The molecule has 0 aliphatic rings. The molecule has 0 aliphatic carbocycles. The molecule has 1 rings (SSSR count). The van der Waals surface area contributed by atoms with E-state index in [2.05, 4.69) is 24.0 Å². The van der Waals surface area contributed by atoms with Gasteiger partial charge in [0, 0.05) is 13.5 Å². The summed E-state index contributed by atoms with van der Waals surface area (Å²) in [6, 6.07) is 0. The van der Waals surface area contributed by atoms with Crippen LogP contribution in [0.4, 0.5) is 0 Å². The molecule has 0 aliphatic heterocycles. The van der Waals surface area contributed by atoms with Gasteiger partial charge in [0.15, 0.2) is 5.82 Å². The van der Waals surface area contributed by atoms with Crippen molar-refractivity contribution in [2.75, 3.05) is 13.7 Å². The second-order valence-corrected chi connectivity index (χ2v) is 4.74. The van der Waals surface area contributed by atoms with Gasteiger partial charge in [-0.05, 0) is 24.8 Å². The highest BCUT2D eigenvalue weighted by Crippen LogP contribution is 2.25. The van der Waals surface area contributed by atoms with E-state index in [0.717, 1.165) is 19.3 Å². The zero-order valence-corrected chi connectivity index (χ0v) is 10.3. The summed E-state index contributed by atoms with van der Waals surface area (Å²) in [6.45, 7) is 5.51. The van der Waals surface area contributed by atoms with Crippen molar-refractivity contribution in [3.8, 4) is 0 Å². The summed E-state index contributed by atoms with van der Waals surface area (Å²) >= 11 is 0. The van der Waals surface area contributed by atoms with Crippen molar-refractivity contribution in [2.45, 2.75) is 39.7 Å². The van der Waals surface area contributed by atoms with Gasteiger partial charge in [0.2, 0.25) is 5.89 Å². The first-order chi connectivity index (χ1) is 7.57. The Balaban J connectivity index is 2.41. The van der Waals surface area contributed by atoms with E-state index in [1.807, 2.05) is 0 Å². The lowest BCUT2D eigenvalue weighted by Crippen LogP contribution is -2.17. The van der Waals surface area contributed by atoms with Crippen LogP contribution in [0.15, 0.2) is 4.52 Å². The smallest absolute Gasteiger partial charge is 0.226 e. The van der Waals surface area contributed by atoms with Gasteiger partial charge in [-0.3, -0.25) is 0 Å². The van der Waals surface area contributed by atoms with Crippen LogP contribution in [0.25, 0.3) is 0 Å². The number of aromatic nitrogens is 2. The Morgan fingerprint density at radius 3 is 2.75 bits per heavy atom. The van der Waals surface area contributed by atoms with E-state index >= 15 is 0 Å². The summed E-state index contributed by atoms with van der Waals surface area (Å²) in [5.74, 6) is 1.28. The number of rotatable bonds is 7. The van der Waals surface area contributed by atoms with E-state index in [0.29, 0.717) is 24.9 Å². The highest BCUT2D eigenvalue weighted by molar-refractivity contribution is 4.86. The molecule has 1 heterocycles. The molecule has 0 aromatic carbocycles. The van der Waals surface area contributed by atoms with Gasteiger partial charge in [-0.2, -0.15) is 4.98 Å². The maximum atomic E-state index is 5.56. The molecule has 16 heavy (non-hydrogen) atoms. The van der Waals surface area contributed by atoms with Crippen LogP contribution in [0, 0.1) is 5.41 Å². The van der Waals surface area contributed by atoms with E-state index in [4.69, 9.17) is 15.0 Å². The van der Waals surface area contributed by atoms with Gasteiger partial charge in [0.1, 0.15) is 6.61 Å². The highest BCUT2D eigenvalue weighted by atomic mass is 16.5. The minimum atomic E-state index is 0.227. The second-order valence-electron chi connectivity index (χ2n) is 4.74. The van der Waals surface area contributed by atoms with Crippen molar-refractivity contribution in [1.82, 2.24) is 10.1 Å². The number of nitrogens with zero attached hydrogens (tertiary/aromatic N) is 2. The van der Waals surface area contributed by atoms with E-state index in [-0.39, 0.29) is 5.41 Å². The summed E-state index contributed by atoms with van der Waals surface area (Å²) in [6.07, 6.45) is 2.80. The predicted octanol–water partition coefficient (Wildman–Crippen LogP) is 1.52. The number of nitrogens with two attached hydrogens (primary N) is 1. The molecule has 92 valence electrons. The van der Waals surface area contributed by atoms with E-state index in [1.54, 1.807) is 7.11 Å². The third-order valence-corrected chi connectivity index (χ3v) is 2.62. The van der Waals surface area contributed by atoms with Gasteiger partial charge in [0.05, 0.1) is 0 Å². The van der Waals surface area contributed by atoms with Gasteiger partial charge < -0.3 is 15.0 Å². The zero-order valence-electron chi connectivity index (χ0n) is 10.3. The Morgan fingerprint density at radius 2 is 2.12 bits per heavy atom. The number of methoxy groups -OCH3 is 1. The van der Waals surface area contributed by atoms with Crippen molar-refractivity contribution >= 4 is 0 Å². The van der Waals surface area contributed by atoms with Crippen molar-refractivity contribution in [3.05, 3.63) is 11.7 Å². The van der Waals surface area contributed by atoms with Crippen molar-refractivity contribution in [2.24, 2.45) is 11.1 Å². The van der Waals surface area contributed by atoms with Crippen LogP contribution in [0.5, 0.6) is 0 Å². The first kappa shape index (κ1) is 13.1. The van der Waals surface area contributed by atoms with Crippen molar-refractivity contribution in [3.63, 3.8) is 0 Å². The van der Waals surface area contributed by atoms with Gasteiger partial charge >= 0.3 is 0 Å². The molecular formula is C11H21N3O2. The molecule has 0 bridgehead atoms. The SMILES string of the molecule is COCc1noc(CCC(C)(C)CCN)n1. The standard InChI is InChI=1S/C11H21N3O2/c1-11(2,6-7-12)5-4-10-13-9(8-15-3)14-16-10/h4-8,12H2,1-3H3. The molecule has 0 saturated heterocycles. The third-order valence-electron chi connectivity index (χ3n) is 2.62. The molecular weight excluding hydrogens is 206 g/mol. The number of hydrogen-bond donors (Lipinski definition) is 1. The second kappa shape index (κ2) is 5.96. The topological polar surface area (TPSA) is 74.2 Å². The first-order valence-electron chi connectivity index (χ1n) is 5.58. The van der Waals surface area contributed by atoms with Crippen LogP contribution in [0.1, 0.15) is 38.4 Å². The molecule has 5 heteroatoms. The Morgan fingerprint density at radius 1 is 1.38 bits per heavy atom. The maximum absolute atomic E-state index is 5.56. The monoisotopic (exact) mass is 227 g/mol. The summed E-state index contributed by atoms with van der Waals surface area (Å²) in [5, 5.41) is 3.82. The minimum absolute atomic E-state index is 0.227. The van der Waals surface area contributed by atoms with E-state index in [9.17, 15) is 0 Å². The Kier molecular flexibility index (Phi) is 4.89. The lowest BCUT2D eigenvalue weighted by atomic mass is 9.84. The molecule has 0 radical (unpaired) electrons. The van der Waals surface area contributed by atoms with Crippen LogP contribution >= 0.6 is 0 Å². The summed E-state index contributed by atoms with van der Waals surface area (Å²) in [5.41, 5.74) is 5.79. The number of aryl methyl sites for hydroxylation is 1. The van der Waals surface area contributed by atoms with Crippen molar-refractivity contribution < 1.29 is 9.26 Å². The fraction of sp³-hybridized carbons (Fsp3) is 0.818. The van der Waals surface area contributed by atoms with Gasteiger partial charge in [-0.15, -0.1) is 0 Å². The Hall–Kier alpha value is -0.940. The summed E-state index contributed by atoms with van der Waals surface area (Å²) in [4.78, 5) is 4.23. The van der Waals surface area contributed by atoms with Crippen LogP contribution in [-0.2, 0) is 17.8 Å². The first-order valence-corrected chi connectivity index (χ1v) is 5.58. The largest absolute Gasteiger partial charge is 0.377 e.